The van der Waals surface area contributed by atoms with Crippen LogP contribution in [0.1, 0.15) is 22.7 Å². The molecule has 1 saturated heterocycles. The van der Waals surface area contributed by atoms with Gasteiger partial charge in [-0.1, -0.05) is 36.4 Å². The number of aromatic amines is 1. The molecule has 0 unspecified atom stereocenters. The molecule has 5 rings (SSSR count). The number of nitrogens with one attached hydrogen (secondary N) is 1. The minimum atomic E-state index is -0.828. The summed E-state index contributed by atoms with van der Waals surface area (Å²) in [4.78, 5) is 24.2. The molecule has 2 aromatic carbocycles. The van der Waals surface area contributed by atoms with Gasteiger partial charge in [0.2, 0.25) is 0 Å². The number of fused-ring (bicyclic) bond motifs is 1. The fourth-order valence-electron chi connectivity index (χ4n) is 4.60. The van der Waals surface area contributed by atoms with E-state index in [9.17, 15) is 9.90 Å². The van der Waals surface area contributed by atoms with Crippen molar-refractivity contribution in [2.75, 3.05) is 26.2 Å². The molecule has 1 fully saturated rings. The third-order valence-corrected chi connectivity index (χ3v) is 6.36. The molecule has 0 radical (unpaired) electrons. The molecule has 174 valence electrons. The maximum Gasteiger partial charge on any atom is 0.325 e. The van der Waals surface area contributed by atoms with Crippen LogP contribution in [0.5, 0.6) is 5.75 Å². The second kappa shape index (κ2) is 10.1. The number of carboxylic acid groups (broad SMARTS) is 1. The van der Waals surface area contributed by atoms with Gasteiger partial charge in [-0.15, -0.1) is 0 Å². The van der Waals surface area contributed by atoms with Crippen LogP contribution < -0.4 is 4.74 Å². The number of aromatic nitrogens is 2. The van der Waals surface area contributed by atoms with E-state index < -0.39 is 12.0 Å². The molecular weight excluding hydrogens is 428 g/mol. The summed E-state index contributed by atoms with van der Waals surface area (Å²) in [6.45, 7) is 4.35. The van der Waals surface area contributed by atoms with Gasteiger partial charge >= 0.3 is 5.97 Å². The first-order valence-corrected chi connectivity index (χ1v) is 11.5. The van der Waals surface area contributed by atoms with Crippen molar-refractivity contribution < 1.29 is 14.6 Å². The number of hydrogen-bond donors (Lipinski definition) is 2. The minimum Gasteiger partial charge on any atom is -0.489 e. The average Bonchev–Trinajstić information content (AvgIpc) is 3.28. The lowest BCUT2D eigenvalue weighted by molar-refractivity contribution is -0.144. The van der Waals surface area contributed by atoms with E-state index in [1.54, 1.807) is 6.20 Å². The van der Waals surface area contributed by atoms with Gasteiger partial charge in [0.15, 0.2) is 0 Å². The third kappa shape index (κ3) is 4.95. The molecule has 2 N–H and O–H groups in total. The first kappa shape index (κ1) is 22.1. The Bertz CT molecular complexity index is 1230. The zero-order valence-corrected chi connectivity index (χ0v) is 18.9. The number of nitrogens with zero attached hydrogens (tertiary/aromatic N) is 3. The van der Waals surface area contributed by atoms with E-state index in [0.29, 0.717) is 19.7 Å². The number of hydrogen-bond acceptors (Lipinski definition) is 5. The molecule has 7 heteroatoms. The van der Waals surface area contributed by atoms with E-state index in [-0.39, 0.29) is 0 Å². The van der Waals surface area contributed by atoms with Crippen molar-refractivity contribution in [2.24, 2.45) is 0 Å². The summed E-state index contributed by atoms with van der Waals surface area (Å²) >= 11 is 0. The molecule has 1 aliphatic rings. The van der Waals surface area contributed by atoms with E-state index in [4.69, 9.17) is 4.74 Å². The summed E-state index contributed by atoms with van der Waals surface area (Å²) in [5.41, 5.74) is 3.94. The standard InChI is InChI=1S/C27H28N4O3/c32-27(33)26(31-13-11-30(12-14-31)18-21-7-4-10-28-16-21)24-17-29-25-15-22(8-9-23(24)25)34-19-20-5-2-1-3-6-20/h1-10,15-17,26,29H,11-14,18-19H2,(H,32,33)/t26-/m1/s1. The summed E-state index contributed by atoms with van der Waals surface area (Å²) in [5.74, 6) is -0.0772. The van der Waals surface area contributed by atoms with Crippen LogP contribution in [-0.2, 0) is 17.9 Å². The fourth-order valence-corrected chi connectivity index (χ4v) is 4.60. The molecule has 0 spiro atoms. The maximum absolute atomic E-state index is 12.3. The first-order chi connectivity index (χ1) is 16.7. The SMILES string of the molecule is O=C(O)[C@@H](c1c[nH]c2cc(OCc3ccccc3)ccc12)N1CCN(Cc2cccnc2)CC1. The van der Waals surface area contributed by atoms with Crippen LogP contribution in [0.4, 0.5) is 0 Å². The molecule has 4 aromatic rings. The predicted molar refractivity (Wildman–Crippen MR) is 131 cm³/mol. The molecule has 3 heterocycles. The van der Waals surface area contributed by atoms with Crippen molar-refractivity contribution in [2.45, 2.75) is 19.2 Å². The number of benzene rings is 2. The molecule has 1 aliphatic heterocycles. The molecule has 0 aliphatic carbocycles. The third-order valence-electron chi connectivity index (χ3n) is 6.36. The van der Waals surface area contributed by atoms with Gasteiger partial charge in [-0.2, -0.15) is 0 Å². The van der Waals surface area contributed by atoms with Crippen LogP contribution in [0.25, 0.3) is 10.9 Å². The summed E-state index contributed by atoms with van der Waals surface area (Å²) < 4.78 is 5.94. The highest BCUT2D eigenvalue weighted by Crippen LogP contribution is 2.31. The lowest BCUT2D eigenvalue weighted by atomic mass is 10.0. The van der Waals surface area contributed by atoms with Gasteiger partial charge in [0, 0.05) is 73.8 Å². The predicted octanol–water partition coefficient (Wildman–Crippen LogP) is 4.09. The molecule has 2 aromatic heterocycles. The van der Waals surface area contributed by atoms with Gasteiger partial charge in [0.25, 0.3) is 0 Å². The van der Waals surface area contributed by atoms with E-state index in [1.807, 2.05) is 67.0 Å². The smallest absolute Gasteiger partial charge is 0.325 e. The van der Waals surface area contributed by atoms with Crippen LogP contribution in [0, 0.1) is 0 Å². The number of aliphatic carboxylic acids is 1. The Morgan fingerprint density at radius 3 is 2.56 bits per heavy atom. The summed E-state index contributed by atoms with van der Waals surface area (Å²) in [6, 6.07) is 19.1. The highest BCUT2D eigenvalue weighted by atomic mass is 16.5. The Labute approximate surface area is 198 Å². The second-order valence-electron chi connectivity index (χ2n) is 8.64. The molecule has 0 amide bonds. The Balaban J connectivity index is 1.27. The van der Waals surface area contributed by atoms with Crippen molar-refractivity contribution >= 4 is 16.9 Å². The van der Waals surface area contributed by atoms with Crippen molar-refractivity contribution in [1.82, 2.24) is 19.8 Å². The van der Waals surface area contributed by atoms with Crippen LogP contribution in [0.15, 0.2) is 79.3 Å². The fraction of sp³-hybridized carbons (Fsp3) is 0.259. The van der Waals surface area contributed by atoms with Crippen LogP contribution >= 0.6 is 0 Å². The molecule has 1 atom stereocenters. The number of ether oxygens (including phenoxy) is 1. The van der Waals surface area contributed by atoms with Gasteiger partial charge in [-0.3, -0.25) is 19.6 Å². The van der Waals surface area contributed by atoms with Gasteiger partial charge in [0.1, 0.15) is 18.4 Å². The topological polar surface area (TPSA) is 81.7 Å². The van der Waals surface area contributed by atoms with Gasteiger partial charge in [0.05, 0.1) is 0 Å². The largest absolute Gasteiger partial charge is 0.489 e. The van der Waals surface area contributed by atoms with Gasteiger partial charge < -0.3 is 14.8 Å². The zero-order chi connectivity index (χ0) is 23.3. The monoisotopic (exact) mass is 456 g/mol. The molecule has 34 heavy (non-hydrogen) atoms. The second-order valence-corrected chi connectivity index (χ2v) is 8.64. The van der Waals surface area contributed by atoms with Crippen molar-refractivity contribution in [1.29, 1.82) is 0 Å². The van der Waals surface area contributed by atoms with E-state index >= 15 is 0 Å². The van der Waals surface area contributed by atoms with Crippen molar-refractivity contribution in [3.05, 3.63) is 95.9 Å². The molecule has 7 nitrogen and oxygen atoms in total. The molecular formula is C27H28N4O3. The number of H-pyrrole nitrogens is 1. The lowest BCUT2D eigenvalue weighted by Gasteiger charge is -2.37. The van der Waals surface area contributed by atoms with Crippen LogP contribution in [-0.4, -0.2) is 57.0 Å². The number of pyridine rings is 1. The Kier molecular flexibility index (Phi) is 6.56. The summed E-state index contributed by atoms with van der Waals surface area (Å²) in [6.07, 6.45) is 5.49. The Morgan fingerprint density at radius 1 is 1.03 bits per heavy atom. The zero-order valence-electron chi connectivity index (χ0n) is 18.9. The maximum atomic E-state index is 12.3. The summed E-state index contributed by atoms with van der Waals surface area (Å²) in [5, 5.41) is 11.0. The van der Waals surface area contributed by atoms with Gasteiger partial charge in [-0.25, -0.2) is 0 Å². The number of rotatable bonds is 8. The van der Waals surface area contributed by atoms with Crippen molar-refractivity contribution in [3.63, 3.8) is 0 Å². The quantitative estimate of drug-likeness (QED) is 0.416. The molecule has 0 bridgehead atoms. The first-order valence-electron chi connectivity index (χ1n) is 11.5. The minimum absolute atomic E-state index is 0.487. The van der Waals surface area contributed by atoms with E-state index in [1.165, 1.54) is 5.56 Å². The van der Waals surface area contributed by atoms with Crippen molar-refractivity contribution in [3.8, 4) is 5.75 Å². The highest BCUT2D eigenvalue weighted by molar-refractivity contribution is 5.90. The van der Waals surface area contributed by atoms with E-state index in [0.717, 1.165) is 47.4 Å². The lowest BCUT2D eigenvalue weighted by Crippen LogP contribution is -2.48. The number of piperazine rings is 1. The molecule has 0 saturated carbocycles. The summed E-state index contributed by atoms with van der Waals surface area (Å²) in [7, 11) is 0. The highest BCUT2D eigenvalue weighted by Gasteiger charge is 2.32. The Hall–Kier alpha value is -3.68. The van der Waals surface area contributed by atoms with E-state index in [2.05, 4.69) is 25.8 Å². The number of carbonyl (C=O) groups is 1. The average molecular weight is 457 g/mol. The Morgan fingerprint density at radius 2 is 1.82 bits per heavy atom. The van der Waals surface area contributed by atoms with Gasteiger partial charge in [-0.05, 0) is 29.3 Å². The van der Waals surface area contributed by atoms with Crippen LogP contribution in [0.3, 0.4) is 0 Å². The number of carboxylic acids is 1. The normalized spacial score (nSPS) is 15.9. The van der Waals surface area contributed by atoms with Crippen LogP contribution in [0.2, 0.25) is 0 Å².